The monoisotopic (exact) mass is 357 g/mol. The highest BCUT2D eigenvalue weighted by Gasteiger charge is 2.31. The molecule has 2 heterocycles. The van der Waals surface area contributed by atoms with Crippen LogP contribution in [0.5, 0.6) is 0 Å². The summed E-state index contributed by atoms with van der Waals surface area (Å²) in [4.78, 5) is 16.8. The molecule has 0 saturated heterocycles. The first-order valence-corrected chi connectivity index (χ1v) is 7.21. The molecule has 2 aromatic rings. The number of aromatic nitrogens is 1. The van der Waals surface area contributed by atoms with Gasteiger partial charge in [-0.2, -0.15) is 0 Å². The zero-order valence-electron chi connectivity index (χ0n) is 12.8. The minimum absolute atomic E-state index is 0. The number of aryl methyl sites for hydroxylation is 1. The van der Waals surface area contributed by atoms with Crippen LogP contribution in [0.4, 0.5) is 0 Å². The van der Waals surface area contributed by atoms with Crippen LogP contribution < -0.4 is 11.1 Å². The van der Waals surface area contributed by atoms with Gasteiger partial charge in [-0.05, 0) is 49.9 Å². The number of hydrogen-bond acceptors (Lipinski definition) is 4. The van der Waals surface area contributed by atoms with Gasteiger partial charge in [0, 0.05) is 12.6 Å². The van der Waals surface area contributed by atoms with Crippen LogP contribution in [-0.4, -0.2) is 23.5 Å². The molecule has 126 valence electrons. The number of hydrogen-bond donors (Lipinski definition) is 2. The Bertz CT molecular complexity index is 643. The minimum Gasteiger partial charge on any atom is -0.463 e. The molecule has 0 spiro atoms. The van der Waals surface area contributed by atoms with Crippen LogP contribution in [-0.2, 0) is 0 Å². The van der Waals surface area contributed by atoms with Gasteiger partial charge in [-0.15, -0.1) is 24.8 Å². The summed E-state index contributed by atoms with van der Waals surface area (Å²) in [5.41, 5.74) is 7.73. The van der Waals surface area contributed by atoms with Crippen molar-refractivity contribution in [2.24, 2.45) is 11.7 Å². The Balaban J connectivity index is 0.00000132. The van der Waals surface area contributed by atoms with Crippen molar-refractivity contribution in [3.05, 3.63) is 41.8 Å². The van der Waals surface area contributed by atoms with Crippen LogP contribution in [0.3, 0.4) is 0 Å². The van der Waals surface area contributed by atoms with E-state index in [4.69, 9.17) is 10.2 Å². The van der Waals surface area contributed by atoms with E-state index in [-0.39, 0.29) is 36.8 Å². The van der Waals surface area contributed by atoms with Crippen molar-refractivity contribution in [2.75, 3.05) is 6.54 Å². The van der Waals surface area contributed by atoms with E-state index in [9.17, 15) is 4.79 Å². The fourth-order valence-electron chi connectivity index (χ4n) is 2.48. The molecule has 1 saturated carbocycles. The molecule has 1 fully saturated rings. The summed E-state index contributed by atoms with van der Waals surface area (Å²) in [5, 5.41) is 3.01. The molecule has 1 atom stereocenters. The van der Waals surface area contributed by atoms with E-state index < -0.39 is 0 Å². The maximum atomic E-state index is 12.3. The maximum absolute atomic E-state index is 12.3. The van der Waals surface area contributed by atoms with Gasteiger partial charge < -0.3 is 15.5 Å². The van der Waals surface area contributed by atoms with E-state index in [2.05, 4.69) is 10.3 Å². The Kier molecular flexibility index (Phi) is 7.06. The summed E-state index contributed by atoms with van der Waals surface area (Å²) in [7, 11) is 0. The molecule has 3 rings (SSSR count). The molecule has 0 aliphatic heterocycles. The fraction of sp³-hybridized carbons (Fsp3) is 0.375. The van der Waals surface area contributed by atoms with E-state index in [0.717, 1.165) is 18.5 Å². The third-order valence-electron chi connectivity index (χ3n) is 3.87. The second-order valence-electron chi connectivity index (χ2n) is 5.46. The number of carbonyl (C=O) groups excluding carboxylic acids is 1. The Hall–Kier alpha value is -1.56. The second kappa shape index (κ2) is 8.34. The number of rotatable bonds is 5. The highest BCUT2D eigenvalue weighted by atomic mass is 35.5. The van der Waals surface area contributed by atoms with Gasteiger partial charge in [-0.3, -0.25) is 4.79 Å². The summed E-state index contributed by atoms with van der Waals surface area (Å²) < 4.78 is 5.32. The van der Waals surface area contributed by atoms with Gasteiger partial charge in [-0.25, -0.2) is 4.98 Å². The molecule has 3 N–H and O–H groups in total. The van der Waals surface area contributed by atoms with Crippen molar-refractivity contribution >= 4 is 30.7 Å². The van der Waals surface area contributed by atoms with Crippen LogP contribution in [0.15, 0.2) is 34.9 Å². The van der Waals surface area contributed by atoms with Crippen LogP contribution >= 0.6 is 24.8 Å². The largest absolute Gasteiger partial charge is 0.463 e. The first-order valence-electron chi connectivity index (χ1n) is 7.21. The number of amides is 1. The van der Waals surface area contributed by atoms with E-state index >= 15 is 0 Å². The van der Waals surface area contributed by atoms with Crippen molar-refractivity contribution in [3.63, 3.8) is 0 Å². The lowest BCUT2D eigenvalue weighted by Crippen LogP contribution is -2.42. The number of nitrogens with one attached hydrogen (secondary N) is 1. The number of carbonyl (C=O) groups is 1. The lowest BCUT2D eigenvalue weighted by molar-refractivity contribution is 0.0932. The summed E-state index contributed by atoms with van der Waals surface area (Å²) in [6.07, 6.45) is 3.90. The Labute approximate surface area is 147 Å². The van der Waals surface area contributed by atoms with Gasteiger partial charge in [0.15, 0.2) is 5.76 Å². The standard InChI is InChI=1S/C16H19N3O2.2ClH/c1-10-12(16(20)19-14(9-17)11-4-5-11)6-7-13(18-10)15-3-2-8-21-15;;/h2-3,6-8,11,14H,4-5,9,17H2,1H3,(H,19,20);2*1H. The van der Waals surface area contributed by atoms with Crippen LogP contribution in [0.2, 0.25) is 0 Å². The average Bonchev–Trinajstić information content (AvgIpc) is 3.18. The van der Waals surface area contributed by atoms with Crippen LogP contribution in [0, 0.1) is 12.8 Å². The average molecular weight is 358 g/mol. The molecule has 1 aliphatic carbocycles. The first-order chi connectivity index (χ1) is 10.2. The maximum Gasteiger partial charge on any atom is 0.253 e. The molecule has 0 bridgehead atoms. The Morgan fingerprint density at radius 1 is 1.39 bits per heavy atom. The van der Waals surface area contributed by atoms with Crippen molar-refractivity contribution in [3.8, 4) is 11.5 Å². The van der Waals surface area contributed by atoms with E-state index in [1.807, 2.05) is 19.1 Å². The van der Waals surface area contributed by atoms with Gasteiger partial charge in [0.05, 0.1) is 17.5 Å². The number of pyridine rings is 1. The van der Waals surface area contributed by atoms with E-state index in [1.165, 1.54) is 0 Å². The summed E-state index contributed by atoms with van der Waals surface area (Å²) in [6.45, 7) is 2.31. The molecule has 1 amide bonds. The van der Waals surface area contributed by atoms with Crippen molar-refractivity contribution in [2.45, 2.75) is 25.8 Å². The lowest BCUT2D eigenvalue weighted by atomic mass is 10.1. The lowest BCUT2D eigenvalue weighted by Gasteiger charge is -2.16. The SMILES string of the molecule is Cc1nc(-c2ccco2)ccc1C(=O)NC(CN)C1CC1.Cl.Cl. The number of nitrogens with two attached hydrogens (primary N) is 1. The van der Waals surface area contributed by atoms with Crippen molar-refractivity contribution in [1.29, 1.82) is 0 Å². The van der Waals surface area contributed by atoms with Gasteiger partial charge in [0.25, 0.3) is 5.91 Å². The molecule has 5 nitrogen and oxygen atoms in total. The smallest absolute Gasteiger partial charge is 0.253 e. The van der Waals surface area contributed by atoms with Gasteiger partial charge in [-0.1, -0.05) is 0 Å². The van der Waals surface area contributed by atoms with Crippen molar-refractivity contribution < 1.29 is 9.21 Å². The predicted octanol–water partition coefficient (Wildman–Crippen LogP) is 2.96. The van der Waals surface area contributed by atoms with Gasteiger partial charge in [0.1, 0.15) is 5.69 Å². The Morgan fingerprint density at radius 3 is 2.65 bits per heavy atom. The highest BCUT2D eigenvalue weighted by molar-refractivity contribution is 5.95. The minimum atomic E-state index is -0.103. The molecule has 0 aromatic carbocycles. The molecule has 23 heavy (non-hydrogen) atoms. The summed E-state index contributed by atoms with van der Waals surface area (Å²) in [5.74, 6) is 1.13. The summed E-state index contributed by atoms with van der Waals surface area (Å²) in [6, 6.07) is 7.32. The zero-order chi connectivity index (χ0) is 14.8. The molecule has 1 unspecified atom stereocenters. The molecular formula is C16H21Cl2N3O2. The van der Waals surface area contributed by atoms with Crippen LogP contribution in [0.1, 0.15) is 28.9 Å². The van der Waals surface area contributed by atoms with E-state index in [0.29, 0.717) is 29.5 Å². The van der Waals surface area contributed by atoms with Crippen LogP contribution in [0.25, 0.3) is 11.5 Å². The molecular weight excluding hydrogens is 337 g/mol. The number of nitrogens with zero attached hydrogens (tertiary/aromatic N) is 1. The Morgan fingerprint density at radius 2 is 2.13 bits per heavy atom. The second-order valence-corrected chi connectivity index (χ2v) is 5.46. The fourth-order valence-corrected chi connectivity index (χ4v) is 2.48. The third kappa shape index (κ3) is 4.47. The topological polar surface area (TPSA) is 81.2 Å². The van der Waals surface area contributed by atoms with Crippen molar-refractivity contribution in [1.82, 2.24) is 10.3 Å². The summed E-state index contributed by atoms with van der Waals surface area (Å²) >= 11 is 0. The molecule has 7 heteroatoms. The van der Waals surface area contributed by atoms with Gasteiger partial charge in [0.2, 0.25) is 0 Å². The molecule has 2 aromatic heterocycles. The normalized spacial score (nSPS) is 14.3. The first kappa shape index (κ1) is 19.5. The predicted molar refractivity (Wildman–Crippen MR) is 94.2 cm³/mol. The molecule has 1 aliphatic rings. The quantitative estimate of drug-likeness (QED) is 0.861. The third-order valence-corrected chi connectivity index (χ3v) is 3.87. The zero-order valence-corrected chi connectivity index (χ0v) is 14.5. The highest BCUT2D eigenvalue weighted by Crippen LogP contribution is 2.32. The number of furan rings is 1. The number of halogens is 2. The molecule has 0 radical (unpaired) electrons. The van der Waals surface area contributed by atoms with Gasteiger partial charge >= 0.3 is 0 Å². The van der Waals surface area contributed by atoms with E-state index in [1.54, 1.807) is 18.4 Å².